The first kappa shape index (κ1) is 56.8. The number of hydrogen-bond acceptors (Lipinski definition) is 10. The number of carbonyl (C=O) groups is 4. The highest BCUT2D eigenvalue weighted by Gasteiger charge is 2.29. The number of ether oxygens (including phenoxy) is 2. The Hall–Kier alpha value is -7.83. The minimum atomic E-state index is -5.19. The van der Waals surface area contributed by atoms with Crippen molar-refractivity contribution in [3.8, 4) is 5.75 Å². The zero-order valence-electron chi connectivity index (χ0n) is 40.7. The Morgan fingerprint density at radius 2 is 1.35 bits per heavy atom. The Labute approximate surface area is 417 Å². The van der Waals surface area contributed by atoms with Crippen LogP contribution in [0.15, 0.2) is 138 Å². The SMILES string of the molecule is Cc1cc(/C=C/C=C/c2ccc(N(C)C)cc2)cc(C)[n+]1CCOCCOCC(=O)NC(N)=NCCC[C@@H](NC(=O)C(c1ccccc1)c1ccccc1)C(=O)NCc1ccc(O)cc1.O=C([O-])C(F)(F)F. The maximum atomic E-state index is 13.9. The van der Waals surface area contributed by atoms with Crippen molar-refractivity contribution < 1.29 is 56.6 Å². The summed E-state index contributed by atoms with van der Waals surface area (Å²) in [5.41, 5.74) is 14.1. The van der Waals surface area contributed by atoms with Crippen molar-refractivity contribution in [3.63, 3.8) is 0 Å². The lowest BCUT2D eigenvalue weighted by Crippen LogP contribution is -2.48. The van der Waals surface area contributed by atoms with Crippen LogP contribution in [-0.2, 0) is 41.7 Å². The monoisotopic (exact) mass is 993 g/mol. The standard InChI is InChI=1S/C52H61N7O6.C2HF3O2/c1-38-34-42(15-12-11-14-40-21-25-45(26-22-40)58(3)4)35-39(2)59(38)30-31-64-32-33-65-37-48(61)57-52(53)54-29-13-20-47(50(62)55-36-41-23-27-46(60)28-24-41)56-51(63)49(43-16-7-5-8-17-43)44-18-9-6-10-19-44;3-2(4,5)1(6)7/h5-12,14-19,21-28,34-35,47,49H,13,20,29-33,36-37H2,1-4H3,(H5-,53,54,55,56,57,60,61,62,63);(H,6,7)/t47-;/m1./s1. The number of carboxylic acid groups (broad SMARTS) is 1. The van der Waals surface area contributed by atoms with Crippen LogP contribution in [0.3, 0.4) is 0 Å². The molecule has 0 aliphatic rings. The fourth-order valence-corrected chi connectivity index (χ4v) is 7.11. The van der Waals surface area contributed by atoms with E-state index in [2.05, 4.69) is 92.8 Å². The molecular formula is C54H62F3N7O8. The van der Waals surface area contributed by atoms with Crippen LogP contribution < -0.4 is 36.3 Å². The van der Waals surface area contributed by atoms with Gasteiger partial charge in [0, 0.05) is 58.9 Å². The van der Waals surface area contributed by atoms with Gasteiger partial charge in [-0.1, -0.05) is 109 Å². The van der Waals surface area contributed by atoms with Crippen molar-refractivity contribution in [2.45, 2.75) is 57.9 Å². The summed E-state index contributed by atoms with van der Waals surface area (Å²) < 4.78 is 45.0. The highest BCUT2D eigenvalue weighted by molar-refractivity contribution is 5.96. The van der Waals surface area contributed by atoms with Gasteiger partial charge in [0.1, 0.15) is 31.0 Å². The van der Waals surface area contributed by atoms with E-state index < -0.39 is 30.0 Å². The van der Waals surface area contributed by atoms with E-state index in [1.165, 1.54) is 5.69 Å². The van der Waals surface area contributed by atoms with Gasteiger partial charge in [0.15, 0.2) is 23.9 Å². The zero-order chi connectivity index (χ0) is 52.5. The number of guanidine groups is 1. The third-order valence-corrected chi connectivity index (χ3v) is 10.8. The summed E-state index contributed by atoms with van der Waals surface area (Å²) in [4.78, 5) is 55.1. The molecular weight excluding hydrogens is 932 g/mol. The van der Waals surface area contributed by atoms with Gasteiger partial charge in [-0.2, -0.15) is 17.7 Å². The number of aryl methyl sites for hydroxylation is 2. The fraction of sp³-hybridized carbons (Fsp3) is 0.296. The zero-order valence-corrected chi connectivity index (χ0v) is 40.7. The average molecular weight is 994 g/mol. The van der Waals surface area contributed by atoms with Crippen LogP contribution in [0, 0.1) is 13.8 Å². The summed E-state index contributed by atoms with van der Waals surface area (Å²) in [6.07, 6.45) is 3.71. The van der Waals surface area contributed by atoms with Crippen molar-refractivity contribution in [1.29, 1.82) is 0 Å². The summed E-state index contributed by atoms with van der Waals surface area (Å²) in [6.45, 7) is 6.04. The quantitative estimate of drug-likeness (QED) is 0.0188. The van der Waals surface area contributed by atoms with E-state index >= 15 is 0 Å². The lowest BCUT2D eigenvalue weighted by molar-refractivity contribution is -0.710. The Balaban J connectivity index is 0.00000149. The molecule has 18 heteroatoms. The number of pyridine rings is 1. The van der Waals surface area contributed by atoms with Crippen molar-refractivity contribution in [2.24, 2.45) is 10.7 Å². The number of rotatable bonds is 23. The largest absolute Gasteiger partial charge is 0.542 e. The Morgan fingerprint density at radius 1 is 0.792 bits per heavy atom. The Morgan fingerprint density at radius 3 is 1.90 bits per heavy atom. The summed E-state index contributed by atoms with van der Waals surface area (Å²) in [5, 5.41) is 26.8. The lowest BCUT2D eigenvalue weighted by Gasteiger charge is -2.23. The molecule has 1 heterocycles. The molecule has 0 saturated heterocycles. The van der Waals surface area contributed by atoms with E-state index in [0.29, 0.717) is 26.2 Å². The number of aromatic hydroxyl groups is 1. The molecule has 0 bridgehead atoms. The molecule has 0 unspecified atom stereocenters. The lowest BCUT2D eigenvalue weighted by atomic mass is 9.90. The van der Waals surface area contributed by atoms with E-state index in [-0.39, 0.29) is 56.2 Å². The number of phenolic OH excluding ortho intramolecular Hbond substituents is 1. The molecule has 6 N–H and O–H groups in total. The second kappa shape index (κ2) is 29.4. The van der Waals surface area contributed by atoms with Crippen LogP contribution in [0.5, 0.6) is 5.75 Å². The maximum absolute atomic E-state index is 13.9. The first-order chi connectivity index (χ1) is 34.4. The Bertz CT molecular complexity index is 2530. The number of nitrogens with one attached hydrogen (secondary N) is 3. The van der Waals surface area contributed by atoms with Gasteiger partial charge in [0.25, 0.3) is 5.91 Å². The first-order valence-electron chi connectivity index (χ1n) is 23.0. The molecule has 1 aromatic heterocycles. The van der Waals surface area contributed by atoms with Crippen LogP contribution in [-0.4, -0.2) is 94.0 Å². The normalized spacial score (nSPS) is 12.0. The fourth-order valence-electron chi connectivity index (χ4n) is 7.11. The van der Waals surface area contributed by atoms with Crippen LogP contribution in [0.4, 0.5) is 18.9 Å². The molecule has 0 radical (unpaired) electrons. The third kappa shape index (κ3) is 20.3. The molecule has 4 aromatic carbocycles. The number of halogens is 3. The first-order valence-corrected chi connectivity index (χ1v) is 23.0. The molecule has 1 atom stereocenters. The van der Waals surface area contributed by atoms with Gasteiger partial charge in [0.05, 0.1) is 19.1 Å². The molecule has 5 aromatic rings. The van der Waals surface area contributed by atoms with E-state index in [0.717, 1.165) is 39.2 Å². The molecule has 3 amide bonds. The van der Waals surface area contributed by atoms with Crippen LogP contribution in [0.2, 0.25) is 0 Å². The molecule has 15 nitrogen and oxygen atoms in total. The van der Waals surface area contributed by atoms with E-state index in [1.54, 1.807) is 24.3 Å². The number of aromatic nitrogens is 1. The van der Waals surface area contributed by atoms with Crippen LogP contribution in [0.25, 0.3) is 12.2 Å². The average Bonchev–Trinajstić information content (AvgIpc) is 3.34. The number of phenols is 1. The predicted molar refractivity (Wildman–Crippen MR) is 268 cm³/mol. The van der Waals surface area contributed by atoms with Gasteiger partial charge in [-0.15, -0.1) is 0 Å². The highest BCUT2D eigenvalue weighted by Crippen LogP contribution is 2.25. The van der Waals surface area contributed by atoms with Crippen LogP contribution >= 0.6 is 0 Å². The van der Waals surface area contributed by atoms with Gasteiger partial charge in [-0.25, -0.2) is 0 Å². The number of allylic oxidation sites excluding steroid dienone is 2. The number of aliphatic carboxylic acids is 1. The van der Waals surface area contributed by atoms with Gasteiger partial charge in [-0.3, -0.25) is 24.7 Å². The smallest absolute Gasteiger partial charge is 0.430 e. The number of benzene rings is 4. The number of nitrogens with zero attached hydrogens (tertiary/aromatic N) is 3. The molecule has 0 spiro atoms. The summed E-state index contributed by atoms with van der Waals surface area (Å²) >= 11 is 0. The van der Waals surface area contributed by atoms with Gasteiger partial charge in [0.2, 0.25) is 11.8 Å². The molecule has 0 saturated carbocycles. The summed E-state index contributed by atoms with van der Waals surface area (Å²) in [7, 11) is 4.06. The Kier molecular flexibility index (Phi) is 23.2. The minimum absolute atomic E-state index is 0.0767. The second-order valence-corrected chi connectivity index (χ2v) is 16.5. The van der Waals surface area contributed by atoms with E-state index in [9.17, 15) is 32.7 Å². The van der Waals surface area contributed by atoms with Gasteiger partial charge in [-0.05, 0) is 64.9 Å². The maximum Gasteiger partial charge on any atom is 0.430 e. The number of aliphatic imine (C=N–C) groups is 1. The number of hydrogen-bond donors (Lipinski definition) is 5. The second-order valence-electron chi connectivity index (χ2n) is 16.5. The number of alkyl halides is 3. The molecule has 5 rings (SSSR count). The van der Waals surface area contributed by atoms with Crippen molar-refractivity contribution in [1.82, 2.24) is 16.0 Å². The highest BCUT2D eigenvalue weighted by atomic mass is 19.4. The predicted octanol–water partition coefficient (Wildman–Crippen LogP) is 5.27. The van der Waals surface area contributed by atoms with Crippen molar-refractivity contribution in [2.75, 3.05) is 52.0 Å². The van der Waals surface area contributed by atoms with Gasteiger partial charge < -0.3 is 45.7 Å². The minimum Gasteiger partial charge on any atom is -0.542 e. The number of nitrogens with two attached hydrogens (primary N) is 1. The topological polar surface area (TPSA) is 212 Å². The molecule has 0 aliphatic carbocycles. The molecule has 0 aliphatic heterocycles. The van der Waals surface area contributed by atoms with Crippen LogP contribution in [0.1, 0.15) is 58.0 Å². The van der Waals surface area contributed by atoms with E-state index in [1.807, 2.05) is 86.9 Å². The molecule has 382 valence electrons. The van der Waals surface area contributed by atoms with Gasteiger partial charge >= 0.3 is 6.18 Å². The summed E-state index contributed by atoms with van der Waals surface area (Å²) in [5.74, 6) is -4.75. The molecule has 72 heavy (non-hydrogen) atoms. The summed E-state index contributed by atoms with van der Waals surface area (Å²) in [6, 6.07) is 37.1. The number of anilines is 1. The molecule has 0 fully saturated rings. The van der Waals surface area contributed by atoms with Crippen molar-refractivity contribution >= 4 is 47.5 Å². The third-order valence-electron chi connectivity index (χ3n) is 10.8. The number of amides is 3. The van der Waals surface area contributed by atoms with Crippen molar-refractivity contribution in [3.05, 3.63) is 173 Å². The number of carboxylic acids is 1. The number of carbonyl (C=O) groups excluding carboxylic acids is 4. The van der Waals surface area contributed by atoms with E-state index in [4.69, 9.17) is 25.1 Å².